The Balaban J connectivity index is 3.29. The Morgan fingerprint density at radius 3 is 1.74 bits per heavy atom. The minimum atomic E-state index is -1.37. The van der Waals surface area contributed by atoms with Gasteiger partial charge in [-0.3, -0.25) is 24.0 Å². The van der Waals surface area contributed by atoms with E-state index in [1.165, 1.54) is 6.92 Å². The smallest absolute Gasteiger partial charge is 0.305 e. The van der Waals surface area contributed by atoms with Gasteiger partial charge < -0.3 is 29.0 Å². The quantitative estimate of drug-likeness (QED) is 0.453. The molecule has 0 aromatic heterocycles. The van der Waals surface area contributed by atoms with E-state index in [0.29, 0.717) is 0 Å². The van der Waals surface area contributed by atoms with Crippen LogP contribution in [0.4, 0.5) is 0 Å². The summed E-state index contributed by atoms with van der Waals surface area (Å²) in [6.07, 6.45) is -4.97. The average molecular weight is 389 g/mol. The van der Waals surface area contributed by atoms with Crippen LogP contribution in [0, 0.1) is 0 Å². The van der Waals surface area contributed by atoms with Crippen LogP contribution in [-0.4, -0.2) is 67.0 Å². The summed E-state index contributed by atoms with van der Waals surface area (Å²) >= 11 is 0. The van der Waals surface area contributed by atoms with Crippen molar-refractivity contribution in [3.63, 3.8) is 0 Å². The number of nitrogens with one attached hydrogen (secondary N) is 1. The molecule has 1 heterocycles. The van der Waals surface area contributed by atoms with Gasteiger partial charge in [-0.05, 0) is 0 Å². The van der Waals surface area contributed by atoms with Crippen molar-refractivity contribution in [3.8, 4) is 0 Å². The number of ether oxygens (including phenoxy) is 5. The lowest BCUT2D eigenvalue weighted by Gasteiger charge is -2.44. The third kappa shape index (κ3) is 7.21. The molecule has 0 bridgehead atoms. The fourth-order valence-electron chi connectivity index (χ4n) is 2.55. The highest BCUT2D eigenvalue weighted by atomic mass is 16.7. The van der Waals surface area contributed by atoms with Gasteiger partial charge in [0.25, 0.3) is 0 Å². The first kappa shape index (κ1) is 22.4. The normalized spacial score (nSPS) is 27.1. The molecule has 5 atom stereocenters. The SMILES string of the molecule is CC(=O)NC1C(OC(C)=O)[C@H](OC(C)=O)C(COC(C)=O)O[C@H]1OC(C)=O. The third-order valence-corrected chi connectivity index (χ3v) is 3.35. The highest BCUT2D eigenvalue weighted by Crippen LogP contribution is 2.28. The molecule has 3 unspecified atom stereocenters. The van der Waals surface area contributed by atoms with E-state index in [1.807, 2.05) is 0 Å². The van der Waals surface area contributed by atoms with Crippen molar-refractivity contribution in [2.75, 3.05) is 6.61 Å². The summed E-state index contributed by atoms with van der Waals surface area (Å²) in [7, 11) is 0. The van der Waals surface area contributed by atoms with Crippen LogP contribution in [0.3, 0.4) is 0 Å². The number of amides is 1. The monoisotopic (exact) mass is 389 g/mol. The largest absolute Gasteiger partial charge is 0.463 e. The molecule has 1 rings (SSSR count). The van der Waals surface area contributed by atoms with E-state index in [-0.39, 0.29) is 6.61 Å². The molecule has 0 saturated carbocycles. The van der Waals surface area contributed by atoms with Gasteiger partial charge >= 0.3 is 23.9 Å². The van der Waals surface area contributed by atoms with Crippen LogP contribution in [0.15, 0.2) is 0 Å². The molecule has 152 valence electrons. The molecule has 11 nitrogen and oxygen atoms in total. The zero-order chi connectivity index (χ0) is 20.7. The Labute approximate surface area is 155 Å². The molecule has 1 N–H and O–H groups in total. The topological polar surface area (TPSA) is 144 Å². The van der Waals surface area contributed by atoms with Crippen molar-refractivity contribution < 1.29 is 47.7 Å². The summed E-state index contributed by atoms with van der Waals surface area (Å²) in [5.74, 6) is -3.34. The minimum absolute atomic E-state index is 0.365. The van der Waals surface area contributed by atoms with Gasteiger partial charge in [0.1, 0.15) is 18.8 Å². The Bertz CT molecular complexity index is 604. The van der Waals surface area contributed by atoms with Crippen LogP contribution < -0.4 is 5.32 Å². The third-order valence-electron chi connectivity index (χ3n) is 3.35. The van der Waals surface area contributed by atoms with E-state index in [1.54, 1.807) is 0 Å². The van der Waals surface area contributed by atoms with Crippen molar-refractivity contribution in [3.05, 3.63) is 0 Å². The molecule has 0 radical (unpaired) electrons. The molecule has 0 spiro atoms. The maximum Gasteiger partial charge on any atom is 0.305 e. The molecule has 1 amide bonds. The first-order chi connectivity index (χ1) is 12.5. The van der Waals surface area contributed by atoms with Crippen LogP contribution in [0.5, 0.6) is 0 Å². The molecule has 0 aromatic rings. The average Bonchev–Trinajstić information content (AvgIpc) is 2.49. The summed E-state index contributed by atoms with van der Waals surface area (Å²) in [6, 6.07) is -1.16. The highest BCUT2D eigenvalue weighted by Gasteiger charge is 2.52. The van der Waals surface area contributed by atoms with Gasteiger partial charge in [0.2, 0.25) is 12.2 Å². The van der Waals surface area contributed by atoms with E-state index in [0.717, 1.165) is 27.7 Å². The number of hydrogen-bond donors (Lipinski definition) is 1. The number of hydrogen-bond acceptors (Lipinski definition) is 10. The van der Waals surface area contributed by atoms with Gasteiger partial charge in [-0.2, -0.15) is 0 Å². The maximum absolute atomic E-state index is 11.6. The van der Waals surface area contributed by atoms with Crippen LogP contribution in [0.2, 0.25) is 0 Å². The Morgan fingerprint density at radius 1 is 0.778 bits per heavy atom. The van der Waals surface area contributed by atoms with Crippen LogP contribution in [0.1, 0.15) is 34.6 Å². The van der Waals surface area contributed by atoms with Crippen LogP contribution >= 0.6 is 0 Å². The standard InChI is InChI=1S/C16H23NO10/c1-7(18)17-13-15(25-10(4)21)14(24-9(3)20)12(6-23-8(2)19)27-16(13)26-11(5)22/h12-16H,6H2,1-5H3,(H,17,18)/t12?,13?,14-,15?,16-/m1/s1. The fourth-order valence-corrected chi connectivity index (χ4v) is 2.55. The molecule has 1 aliphatic heterocycles. The first-order valence-corrected chi connectivity index (χ1v) is 8.08. The van der Waals surface area contributed by atoms with Crippen molar-refractivity contribution in [2.45, 2.75) is 65.3 Å². The molecule has 1 fully saturated rings. The summed E-state index contributed by atoms with van der Waals surface area (Å²) in [6.45, 7) is 5.36. The van der Waals surface area contributed by atoms with Gasteiger partial charge in [-0.25, -0.2) is 0 Å². The Morgan fingerprint density at radius 2 is 1.30 bits per heavy atom. The first-order valence-electron chi connectivity index (χ1n) is 8.08. The molecule has 11 heteroatoms. The lowest BCUT2D eigenvalue weighted by atomic mass is 9.96. The molecule has 0 aromatic carbocycles. The summed E-state index contributed by atoms with van der Waals surface area (Å²) in [4.78, 5) is 57.2. The van der Waals surface area contributed by atoms with Gasteiger partial charge in [-0.15, -0.1) is 0 Å². The molecular weight excluding hydrogens is 366 g/mol. The molecular formula is C16H23NO10. The number of carbonyl (C=O) groups is 5. The predicted octanol–water partition coefficient (Wildman–Crippen LogP) is -0.794. The number of esters is 4. The second-order valence-electron chi connectivity index (χ2n) is 5.83. The zero-order valence-corrected chi connectivity index (χ0v) is 15.7. The second-order valence-corrected chi connectivity index (χ2v) is 5.83. The molecule has 0 aliphatic carbocycles. The Hall–Kier alpha value is -2.69. The summed E-state index contributed by atoms with van der Waals surface area (Å²) in [5.41, 5.74) is 0. The van der Waals surface area contributed by atoms with E-state index in [2.05, 4.69) is 5.32 Å². The second kappa shape index (κ2) is 9.86. The van der Waals surface area contributed by atoms with E-state index < -0.39 is 60.4 Å². The molecule has 27 heavy (non-hydrogen) atoms. The molecule has 1 saturated heterocycles. The van der Waals surface area contributed by atoms with Crippen molar-refractivity contribution >= 4 is 29.8 Å². The highest BCUT2D eigenvalue weighted by molar-refractivity contribution is 5.74. The summed E-state index contributed by atoms with van der Waals surface area (Å²) < 4.78 is 25.9. The predicted molar refractivity (Wildman–Crippen MR) is 85.8 cm³/mol. The van der Waals surface area contributed by atoms with E-state index >= 15 is 0 Å². The number of carbonyl (C=O) groups excluding carboxylic acids is 5. The van der Waals surface area contributed by atoms with Crippen LogP contribution in [0.25, 0.3) is 0 Å². The lowest BCUT2D eigenvalue weighted by Crippen LogP contribution is -2.66. The Kier molecular flexibility index (Phi) is 8.16. The van der Waals surface area contributed by atoms with Gasteiger partial charge in [0.15, 0.2) is 12.2 Å². The van der Waals surface area contributed by atoms with Crippen molar-refractivity contribution in [1.29, 1.82) is 0 Å². The van der Waals surface area contributed by atoms with E-state index in [9.17, 15) is 24.0 Å². The van der Waals surface area contributed by atoms with Gasteiger partial charge in [-0.1, -0.05) is 0 Å². The van der Waals surface area contributed by atoms with Crippen molar-refractivity contribution in [2.24, 2.45) is 0 Å². The number of rotatable bonds is 6. The zero-order valence-electron chi connectivity index (χ0n) is 15.7. The minimum Gasteiger partial charge on any atom is -0.463 e. The van der Waals surface area contributed by atoms with E-state index in [4.69, 9.17) is 23.7 Å². The maximum atomic E-state index is 11.6. The van der Waals surface area contributed by atoms with Crippen LogP contribution in [-0.2, 0) is 47.7 Å². The molecule has 1 aliphatic rings. The lowest BCUT2D eigenvalue weighted by molar-refractivity contribution is -0.270. The van der Waals surface area contributed by atoms with Gasteiger partial charge in [0, 0.05) is 34.6 Å². The van der Waals surface area contributed by atoms with Gasteiger partial charge in [0.05, 0.1) is 0 Å². The van der Waals surface area contributed by atoms with Crippen molar-refractivity contribution in [1.82, 2.24) is 5.32 Å². The summed E-state index contributed by atoms with van der Waals surface area (Å²) in [5, 5.41) is 2.46. The fraction of sp³-hybridized carbons (Fsp3) is 0.688.